The van der Waals surface area contributed by atoms with Crippen LogP contribution in [0.3, 0.4) is 0 Å². The zero-order valence-electron chi connectivity index (χ0n) is 17.8. The molecule has 0 atom stereocenters. The van der Waals surface area contributed by atoms with Gasteiger partial charge in [-0.2, -0.15) is 0 Å². The van der Waals surface area contributed by atoms with Gasteiger partial charge in [0.1, 0.15) is 5.75 Å². The third-order valence-electron chi connectivity index (χ3n) is 4.39. The van der Waals surface area contributed by atoms with Gasteiger partial charge in [-0.3, -0.25) is 4.99 Å². The van der Waals surface area contributed by atoms with E-state index in [-0.39, 0.29) is 24.0 Å². The van der Waals surface area contributed by atoms with E-state index in [1.54, 1.807) is 0 Å². The fourth-order valence-electron chi connectivity index (χ4n) is 2.85. The number of halogens is 1. The lowest BCUT2D eigenvalue weighted by Crippen LogP contribution is -2.38. The van der Waals surface area contributed by atoms with Gasteiger partial charge in [-0.05, 0) is 64.0 Å². The summed E-state index contributed by atoms with van der Waals surface area (Å²) in [6.45, 7) is 15.3. The normalized spacial score (nSPS) is 11.3. The number of hydrogen-bond donors (Lipinski definition) is 1. The average Bonchev–Trinajstić information content (AvgIpc) is 2.65. The third-order valence-corrected chi connectivity index (χ3v) is 4.39. The molecule has 1 N–H and O–H groups in total. The lowest BCUT2D eigenvalue weighted by atomic mass is 10.2. The minimum atomic E-state index is 0. The van der Waals surface area contributed by atoms with Crippen molar-refractivity contribution >= 4 is 29.9 Å². The maximum absolute atomic E-state index is 5.51. The van der Waals surface area contributed by atoms with Crippen molar-refractivity contribution in [3.8, 4) is 5.75 Å². The van der Waals surface area contributed by atoms with E-state index in [1.165, 1.54) is 18.5 Å². The van der Waals surface area contributed by atoms with Gasteiger partial charge >= 0.3 is 0 Å². The fourth-order valence-corrected chi connectivity index (χ4v) is 2.85. The van der Waals surface area contributed by atoms with Gasteiger partial charge in [0.25, 0.3) is 0 Å². The minimum Gasteiger partial charge on any atom is -0.494 e. The molecule has 0 aromatic heterocycles. The molecule has 0 fully saturated rings. The van der Waals surface area contributed by atoms with Crippen LogP contribution in [0.2, 0.25) is 0 Å². The number of guanidine groups is 1. The SMILES string of the molecule is CCNC(=NCCCCN(CC)CC)N(C)Cc1ccc(OCC)cc1.I. The van der Waals surface area contributed by atoms with E-state index in [9.17, 15) is 0 Å². The molecule has 0 radical (unpaired) electrons. The van der Waals surface area contributed by atoms with Gasteiger partial charge in [0.05, 0.1) is 6.61 Å². The zero-order valence-corrected chi connectivity index (χ0v) is 20.2. The van der Waals surface area contributed by atoms with Crippen molar-refractivity contribution in [2.75, 3.05) is 46.4 Å². The molecule has 0 spiro atoms. The lowest BCUT2D eigenvalue weighted by Gasteiger charge is -2.22. The molecule has 0 aliphatic rings. The first-order valence-corrected chi connectivity index (χ1v) is 10.1. The van der Waals surface area contributed by atoms with E-state index in [1.807, 2.05) is 19.1 Å². The predicted molar refractivity (Wildman–Crippen MR) is 127 cm³/mol. The quantitative estimate of drug-likeness (QED) is 0.206. The topological polar surface area (TPSA) is 40.1 Å². The second-order valence-electron chi connectivity index (χ2n) is 6.40. The van der Waals surface area contributed by atoms with Crippen LogP contribution in [0.15, 0.2) is 29.3 Å². The van der Waals surface area contributed by atoms with Crippen molar-refractivity contribution in [2.45, 2.75) is 47.1 Å². The first-order chi connectivity index (χ1) is 12.6. The molecule has 0 amide bonds. The van der Waals surface area contributed by atoms with Crippen molar-refractivity contribution in [1.29, 1.82) is 0 Å². The molecule has 156 valence electrons. The standard InChI is InChI=1S/C21H38N4O.HI/c1-6-22-21(23-16-10-11-17-25(7-2)8-3)24(5)18-19-12-14-20(15-13-19)26-9-4;/h12-15H,6-11,16-18H2,1-5H3,(H,22,23);1H. The van der Waals surface area contributed by atoms with Gasteiger partial charge in [-0.15, -0.1) is 24.0 Å². The number of hydrogen-bond acceptors (Lipinski definition) is 3. The molecule has 0 aliphatic heterocycles. The number of aliphatic imine (C=N–C) groups is 1. The molecule has 0 heterocycles. The summed E-state index contributed by atoms with van der Waals surface area (Å²) in [6, 6.07) is 8.30. The molecule has 1 aromatic rings. The van der Waals surface area contributed by atoms with E-state index in [2.05, 4.69) is 55.1 Å². The smallest absolute Gasteiger partial charge is 0.193 e. The van der Waals surface area contributed by atoms with Crippen molar-refractivity contribution in [3.05, 3.63) is 29.8 Å². The van der Waals surface area contributed by atoms with Crippen LogP contribution in [0.4, 0.5) is 0 Å². The average molecular weight is 490 g/mol. The molecule has 6 heteroatoms. The molecule has 0 bridgehead atoms. The summed E-state index contributed by atoms with van der Waals surface area (Å²) in [6.07, 6.45) is 2.33. The molecule has 0 unspecified atom stereocenters. The summed E-state index contributed by atoms with van der Waals surface area (Å²) in [4.78, 5) is 9.44. The van der Waals surface area contributed by atoms with Crippen LogP contribution in [0.25, 0.3) is 0 Å². The number of nitrogens with one attached hydrogen (secondary N) is 1. The summed E-state index contributed by atoms with van der Waals surface area (Å²) in [5.74, 6) is 1.90. The monoisotopic (exact) mass is 490 g/mol. The molecule has 1 aromatic carbocycles. The number of unbranched alkanes of at least 4 members (excludes halogenated alkanes) is 1. The van der Waals surface area contributed by atoms with Crippen molar-refractivity contribution in [3.63, 3.8) is 0 Å². The molecule has 0 aliphatic carbocycles. The summed E-state index contributed by atoms with van der Waals surface area (Å²) in [7, 11) is 2.09. The largest absolute Gasteiger partial charge is 0.494 e. The first kappa shape index (κ1) is 26.0. The predicted octanol–water partition coefficient (Wildman–Crippen LogP) is 4.22. The van der Waals surface area contributed by atoms with Crippen molar-refractivity contribution < 1.29 is 4.74 Å². The van der Waals surface area contributed by atoms with E-state index < -0.39 is 0 Å². The number of benzene rings is 1. The van der Waals surface area contributed by atoms with Crippen LogP contribution < -0.4 is 10.1 Å². The summed E-state index contributed by atoms with van der Waals surface area (Å²) in [5, 5.41) is 3.40. The number of nitrogens with zero attached hydrogens (tertiary/aromatic N) is 3. The molecule has 1 rings (SSSR count). The third kappa shape index (κ3) is 10.8. The van der Waals surface area contributed by atoms with Gasteiger partial charge in [0.15, 0.2) is 5.96 Å². The van der Waals surface area contributed by atoms with Gasteiger partial charge < -0.3 is 19.9 Å². The molecule has 5 nitrogen and oxygen atoms in total. The van der Waals surface area contributed by atoms with Gasteiger partial charge in [-0.1, -0.05) is 26.0 Å². The van der Waals surface area contributed by atoms with E-state index in [0.29, 0.717) is 6.61 Å². The number of rotatable bonds is 12. The molecule has 0 saturated heterocycles. The van der Waals surface area contributed by atoms with Crippen LogP contribution in [0, 0.1) is 0 Å². The van der Waals surface area contributed by atoms with Gasteiger partial charge in [-0.25, -0.2) is 0 Å². The highest BCUT2D eigenvalue weighted by molar-refractivity contribution is 14.0. The van der Waals surface area contributed by atoms with Gasteiger partial charge in [0, 0.05) is 26.7 Å². The van der Waals surface area contributed by atoms with E-state index >= 15 is 0 Å². The molecule has 27 heavy (non-hydrogen) atoms. The molecular weight excluding hydrogens is 451 g/mol. The fraction of sp³-hybridized carbons (Fsp3) is 0.667. The maximum Gasteiger partial charge on any atom is 0.193 e. The first-order valence-electron chi connectivity index (χ1n) is 10.1. The van der Waals surface area contributed by atoms with Crippen molar-refractivity contribution in [1.82, 2.24) is 15.1 Å². The Morgan fingerprint density at radius 2 is 1.70 bits per heavy atom. The Morgan fingerprint density at radius 3 is 2.26 bits per heavy atom. The Labute approximate surface area is 183 Å². The zero-order chi connectivity index (χ0) is 19.2. The van der Waals surface area contributed by atoms with Crippen molar-refractivity contribution in [2.24, 2.45) is 4.99 Å². The van der Waals surface area contributed by atoms with E-state index in [4.69, 9.17) is 9.73 Å². The van der Waals surface area contributed by atoms with Crippen LogP contribution >= 0.6 is 24.0 Å². The van der Waals surface area contributed by atoms with Crippen LogP contribution in [-0.4, -0.2) is 62.1 Å². The second-order valence-corrected chi connectivity index (χ2v) is 6.40. The van der Waals surface area contributed by atoms with Crippen LogP contribution in [0.5, 0.6) is 5.75 Å². The van der Waals surface area contributed by atoms with E-state index in [0.717, 1.165) is 50.9 Å². The highest BCUT2D eigenvalue weighted by Crippen LogP contribution is 2.13. The van der Waals surface area contributed by atoms with Gasteiger partial charge in [0.2, 0.25) is 0 Å². The Morgan fingerprint density at radius 1 is 1.04 bits per heavy atom. The highest BCUT2D eigenvalue weighted by atomic mass is 127. The van der Waals surface area contributed by atoms with Crippen LogP contribution in [0.1, 0.15) is 46.1 Å². The Kier molecular flexibility index (Phi) is 15.4. The molecular formula is C21H39IN4O. The second kappa shape index (κ2) is 16.0. The summed E-state index contributed by atoms with van der Waals surface area (Å²) in [5.41, 5.74) is 1.25. The Balaban J connectivity index is 0.00000676. The number of ether oxygens (including phenoxy) is 1. The summed E-state index contributed by atoms with van der Waals surface area (Å²) < 4.78 is 5.51. The maximum atomic E-state index is 5.51. The van der Waals surface area contributed by atoms with Crippen LogP contribution in [-0.2, 0) is 6.54 Å². The highest BCUT2D eigenvalue weighted by Gasteiger charge is 2.07. The minimum absolute atomic E-state index is 0. The Bertz CT molecular complexity index is 503. The molecule has 0 saturated carbocycles. The summed E-state index contributed by atoms with van der Waals surface area (Å²) >= 11 is 0. The lowest BCUT2D eigenvalue weighted by molar-refractivity contribution is 0.297. The Hall–Kier alpha value is -1.02.